The molecule has 0 fully saturated rings. The van der Waals surface area contributed by atoms with Crippen LogP contribution in [0.1, 0.15) is 18.1 Å². The Labute approximate surface area is 151 Å². The molecule has 0 radical (unpaired) electrons. The third kappa shape index (κ3) is 4.76. The molecule has 0 spiro atoms. The van der Waals surface area contributed by atoms with E-state index in [0.29, 0.717) is 29.7 Å². The quantitative estimate of drug-likeness (QED) is 0.679. The Kier molecular flexibility index (Phi) is 6.70. The number of ether oxygens (including phenoxy) is 2. The summed E-state index contributed by atoms with van der Waals surface area (Å²) in [4.78, 5) is 13.9. The normalized spacial score (nSPS) is 10.8. The van der Waals surface area contributed by atoms with Crippen LogP contribution < -0.4 is 9.47 Å². The Morgan fingerprint density at radius 3 is 2.83 bits per heavy atom. The molecule has 2 aromatic rings. The number of methoxy groups -OCH3 is 1. The van der Waals surface area contributed by atoms with Crippen LogP contribution in [0.25, 0.3) is 6.08 Å². The topological polar surface area (TPSA) is 38.8 Å². The van der Waals surface area contributed by atoms with Crippen LogP contribution in [0.4, 0.5) is 0 Å². The van der Waals surface area contributed by atoms with Crippen molar-refractivity contribution in [2.45, 2.75) is 13.5 Å². The summed E-state index contributed by atoms with van der Waals surface area (Å²) in [5.74, 6) is 0.980. The first-order valence-electron chi connectivity index (χ1n) is 7.49. The number of nitrogens with zero attached hydrogens (tertiary/aromatic N) is 1. The van der Waals surface area contributed by atoms with E-state index in [4.69, 9.17) is 21.1 Å². The summed E-state index contributed by atoms with van der Waals surface area (Å²) in [5.41, 5.74) is 1.90. The first kappa shape index (κ1) is 18.4. The van der Waals surface area contributed by atoms with Gasteiger partial charge in [0.2, 0.25) is 5.91 Å². The van der Waals surface area contributed by atoms with Crippen LogP contribution >= 0.6 is 22.9 Å². The number of halogens is 1. The fraction of sp³-hybridized carbons (Fsp3) is 0.278. The maximum Gasteiger partial charge on any atom is 0.246 e. The van der Waals surface area contributed by atoms with Crippen LogP contribution in [0.2, 0.25) is 5.02 Å². The lowest BCUT2D eigenvalue weighted by Crippen LogP contribution is -2.23. The van der Waals surface area contributed by atoms with Crippen LogP contribution in [0.3, 0.4) is 0 Å². The average Bonchev–Trinajstić information content (AvgIpc) is 3.07. The molecule has 0 aliphatic heterocycles. The van der Waals surface area contributed by atoms with Gasteiger partial charge in [-0.1, -0.05) is 11.6 Å². The van der Waals surface area contributed by atoms with E-state index >= 15 is 0 Å². The van der Waals surface area contributed by atoms with Crippen molar-refractivity contribution in [2.24, 2.45) is 0 Å². The molecule has 0 aliphatic rings. The van der Waals surface area contributed by atoms with Crippen molar-refractivity contribution in [3.8, 4) is 11.5 Å². The maximum atomic E-state index is 12.2. The number of hydrogen-bond donors (Lipinski definition) is 0. The lowest BCUT2D eigenvalue weighted by atomic mass is 10.2. The molecule has 0 unspecified atom stereocenters. The highest BCUT2D eigenvalue weighted by Crippen LogP contribution is 2.36. The second kappa shape index (κ2) is 8.76. The van der Waals surface area contributed by atoms with Crippen LogP contribution in [0.5, 0.6) is 11.5 Å². The Hall–Kier alpha value is -1.98. The van der Waals surface area contributed by atoms with Crippen molar-refractivity contribution >= 4 is 34.9 Å². The van der Waals surface area contributed by atoms with E-state index in [0.717, 1.165) is 11.1 Å². The Morgan fingerprint density at radius 1 is 1.42 bits per heavy atom. The van der Waals surface area contributed by atoms with Crippen molar-refractivity contribution in [3.05, 3.63) is 51.2 Å². The maximum absolute atomic E-state index is 12.2. The molecule has 0 N–H and O–H groups in total. The predicted octanol–water partition coefficient (Wildman–Crippen LogP) is 4.48. The molecule has 0 atom stereocenters. The number of carbonyl (C=O) groups is 1. The summed E-state index contributed by atoms with van der Waals surface area (Å²) >= 11 is 7.85. The van der Waals surface area contributed by atoms with Crippen molar-refractivity contribution in [2.75, 3.05) is 20.8 Å². The van der Waals surface area contributed by atoms with Crippen molar-refractivity contribution in [1.29, 1.82) is 0 Å². The van der Waals surface area contributed by atoms with Gasteiger partial charge in [0.1, 0.15) is 0 Å². The van der Waals surface area contributed by atoms with E-state index in [1.165, 1.54) is 6.08 Å². The molecule has 2 rings (SSSR count). The van der Waals surface area contributed by atoms with Gasteiger partial charge < -0.3 is 14.4 Å². The Balaban J connectivity index is 2.10. The molecule has 0 saturated heterocycles. The van der Waals surface area contributed by atoms with Gasteiger partial charge in [-0.2, -0.15) is 11.3 Å². The van der Waals surface area contributed by atoms with Crippen LogP contribution in [-0.4, -0.2) is 31.6 Å². The number of benzene rings is 1. The zero-order valence-corrected chi connectivity index (χ0v) is 15.5. The number of hydrogen-bond acceptors (Lipinski definition) is 4. The van der Waals surface area contributed by atoms with E-state index in [9.17, 15) is 4.79 Å². The zero-order chi connectivity index (χ0) is 17.5. The van der Waals surface area contributed by atoms with Crippen molar-refractivity contribution in [1.82, 2.24) is 4.90 Å². The highest BCUT2D eigenvalue weighted by Gasteiger charge is 2.11. The van der Waals surface area contributed by atoms with Crippen molar-refractivity contribution < 1.29 is 14.3 Å². The number of likely N-dealkylation sites (N-methyl/N-ethyl adjacent to an activating group) is 1. The number of thiophene rings is 1. The van der Waals surface area contributed by atoms with E-state index < -0.39 is 0 Å². The standard InChI is InChI=1S/C18H20ClNO3S/c1-4-23-18-15(19)9-13(10-16(18)22-3)5-6-17(21)20(2)11-14-7-8-24-12-14/h5-10,12H,4,11H2,1-3H3. The predicted molar refractivity (Wildman–Crippen MR) is 99.0 cm³/mol. The summed E-state index contributed by atoms with van der Waals surface area (Å²) in [6.07, 6.45) is 3.24. The average molecular weight is 366 g/mol. The number of amides is 1. The van der Waals surface area contributed by atoms with Gasteiger partial charge in [0.25, 0.3) is 0 Å². The molecule has 0 bridgehead atoms. The third-order valence-electron chi connectivity index (χ3n) is 3.33. The summed E-state index contributed by atoms with van der Waals surface area (Å²) in [6.45, 7) is 2.96. The van der Waals surface area contributed by atoms with Gasteiger partial charge >= 0.3 is 0 Å². The molecule has 6 heteroatoms. The largest absolute Gasteiger partial charge is 0.493 e. The summed E-state index contributed by atoms with van der Waals surface area (Å²) in [7, 11) is 3.33. The number of carbonyl (C=O) groups excluding carboxylic acids is 1. The van der Waals surface area contributed by atoms with Crippen LogP contribution in [0.15, 0.2) is 35.0 Å². The second-order valence-corrected chi connectivity index (χ2v) is 6.31. The highest BCUT2D eigenvalue weighted by molar-refractivity contribution is 7.07. The van der Waals surface area contributed by atoms with Gasteiger partial charge in [-0.25, -0.2) is 0 Å². The van der Waals surface area contributed by atoms with E-state index in [-0.39, 0.29) is 5.91 Å². The lowest BCUT2D eigenvalue weighted by Gasteiger charge is -2.14. The summed E-state index contributed by atoms with van der Waals surface area (Å²) in [6, 6.07) is 5.55. The van der Waals surface area contributed by atoms with E-state index in [2.05, 4.69) is 0 Å². The van der Waals surface area contributed by atoms with E-state index in [1.54, 1.807) is 48.6 Å². The fourth-order valence-corrected chi connectivity index (χ4v) is 3.08. The molecule has 0 saturated carbocycles. The van der Waals surface area contributed by atoms with E-state index in [1.807, 2.05) is 23.8 Å². The molecular weight excluding hydrogens is 346 g/mol. The molecule has 1 heterocycles. The Bertz CT molecular complexity index is 713. The SMILES string of the molecule is CCOc1c(Cl)cc(C=CC(=O)N(C)Cc2ccsc2)cc1OC. The first-order valence-corrected chi connectivity index (χ1v) is 8.81. The highest BCUT2D eigenvalue weighted by atomic mass is 35.5. The molecule has 0 aliphatic carbocycles. The minimum atomic E-state index is -0.0785. The van der Waals surface area contributed by atoms with Crippen LogP contribution in [0, 0.1) is 0 Å². The number of rotatable bonds is 7. The molecule has 1 aromatic carbocycles. The van der Waals surface area contributed by atoms with Gasteiger partial charge in [0, 0.05) is 19.7 Å². The van der Waals surface area contributed by atoms with Gasteiger partial charge in [-0.05, 0) is 53.1 Å². The van der Waals surface area contributed by atoms with Gasteiger partial charge in [0.15, 0.2) is 11.5 Å². The van der Waals surface area contributed by atoms with Crippen LogP contribution in [-0.2, 0) is 11.3 Å². The minimum Gasteiger partial charge on any atom is -0.493 e. The van der Waals surface area contributed by atoms with Crippen molar-refractivity contribution in [3.63, 3.8) is 0 Å². The van der Waals surface area contributed by atoms with Gasteiger partial charge in [-0.15, -0.1) is 0 Å². The fourth-order valence-electron chi connectivity index (χ4n) is 2.15. The smallest absolute Gasteiger partial charge is 0.246 e. The Morgan fingerprint density at radius 2 is 2.21 bits per heavy atom. The van der Waals surface area contributed by atoms with Gasteiger partial charge in [-0.3, -0.25) is 4.79 Å². The first-order chi connectivity index (χ1) is 11.5. The molecule has 1 aromatic heterocycles. The third-order valence-corrected chi connectivity index (χ3v) is 4.35. The molecule has 4 nitrogen and oxygen atoms in total. The molecular formula is C18H20ClNO3S. The zero-order valence-electron chi connectivity index (χ0n) is 13.9. The lowest BCUT2D eigenvalue weighted by molar-refractivity contribution is -0.125. The monoisotopic (exact) mass is 365 g/mol. The molecule has 128 valence electrons. The second-order valence-electron chi connectivity index (χ2n) is 5.13. The molecule has 1 amide bonds. The summed E-state index contributed by atoms with van der Waals surface area (Å²) < 4.78 is 10.8. The summed E-state index contributed by atoms with van der Waals surface area (Å²) in [5, 5.41) is 4.48. The molecule has 24 heavy (non-hydrogen) atoms. The minimum absolute atomic E-state index is 0.0785. The van der Waals surface area contributed by atoms with Gasteiger partial charge in [0.05, 0.1) is 18.7 Å².